The van der Waals surface area contributed by atoms with E-state index in [-0.39, 0.29) is 0 Å². The van der Waals surface area contributed by atoms with Gasteiger partial charge in [-0.25, -0.2) is 0 Å². The second-order valence-electron chi connectivity index (χ2n) is 4.25. The Balaban J connectivity index is 2.29. The van der Waals surface area contributed by atoms with Crippen LogP contribution in [0.3, 0.4) is 0 Å². The molecule has 2 nitrogen and oxygen atoms in total. The number of imidazole rings is 1. The molecule has 0 amide bonds. The van der Waals surface area contributed by atoms with Crippen LogP contribution in [-0.4, -0.2) is 15.3 Å². The van der Waals surface area contributed by atoms with Crippen molar-refractivity contribution in [1.82, 2.24) is 9.55 Å². The van der Waals surface area contributed by atoms with E-state index in [0.717, 1.165) is 5.52 Å². The van der Waals surface area contributed by atoms with E-state index in [0.29, 0.717) is 37.7 Å². The van der Waals surface area contributed by atoms with Crippen molar-refractivity contribution in [3.8, 4) is 5.69 Å². The molecule has 0 aliphatic carbocycles. The number of aromatic amines is 1. The Bertz CT molecular complexity index is 858. The third-order valence-electron chi connectivity index (χ3n) is 2.99. The first-order chi connectivity index (χ1) is 10.1. The molecule has 1 aromatic heterocycles. The highest BCUT2D eigenvalue weighted by atomic mass is 35.5. The second-order valence-corrected chi connectivity index (χ2v) is 6.07. The van der Waals surface area contributed by atoms with Gasteiger partial charge in [0.05, 0.1) is 21.7 Å². The molecule has 0 saturated heterocycles. The molecule has 0 unspecified atom stereocenters. The molecule has 0 saturated carbocycles. The molecule has 3 rings (SSSR count). The number of fused-ring (bicyclic) bond motifs is 1. The van der Waals surface area contributed by atoms with Crippen LogP contribution in [0.15, 0.2) is 47.4 Å². The monoisotopic (exact) mass is 342 g/mol. The van der Waals surface area contributed by atoms with Crippen LogP contribution in [0.25, 0.3) is 16.7 Å². The van der Waals surface area contributed by atoms with Gasteiger partial charge >= 0.3 is 0 Å². The van der Waals surface area contributed by atoms with Gasteiger partial charge in [0.1, 0.15) is 0 Å². The predicted molar refractivity (Wildman–Crippen MR) is 85.3 cm³/mol. The number of halogens is 3. The van der Waals surface area contributed by atoms with Gasteiger partial charge in [0.2, 0.25) is 0 Å². The SMILES string of the molecule is FC(F)Sc1ccccc1-n1c(=S)[nH]c2c(Cl)cccc21. The maximum atomic E-state index is 12.7. The summed E-state index contributed by atoms with van der Waals surface area (Å²) >= 11 is 12.0. The molecule has 0 aliphatic rings. The molecule has 2 aromatic carbocycles. The van der Waals surface area contributed by atoms with Gasteiger partial charge in [-0.15, -0.1) is 0 Å². The second kappa shape index (κ2) is 5.79. The summed E-state index contributed by atoms with van der Waals surface area (Å²) in [5, 5.41) is 0.538. The molecule has 108 valence electrons. The van der Waals surface area contributed by atoms with Gasteiger partial charge in [-0.05, 0) is 36.5 Å². The fourth-order valence-electron chi connectivity index (χ4n) is 2.17. The smallest absolute Gasteiger partial charge is 0.288 e. The highest BCUT2D eigenvalue weighted by Crippen LogP contribution is 2.33. The number of alkyl halides is 2. The van der Waals surface area contributed by atoms with E-state index >= 15 is 0 Å². The van der Waals surface area contributed by atoms with Crippen molar-refractivity contribution >= 4 is 46.6 Å². The molecule has 0 aliphatic heterocycles. The average Bonchev–Trinajstić information content (AvgIpc) is 2.77. The Morgan fingerprint density at radius 1 is 1.14 bits per heavy atom. The van der Waals surface area contributed by atoms with Crippen molar-refractivity contribution < 1.29 is 8.78 Å². The predicted octanol–water partition coefficient (Wildman–Crippen LogP) is 5.66. The number of para-hydroxylation sites is 2. The lowest BCUT2D eigenvalue weighted by molar-refractivity contribution is 0.252. The normalized spacial score (nSPS) is 11.4. The molecule has 1 heterocycles. The fourth-order valence-corrected chi connectivity index (χ4v) is 3.32. The summed E-state index contributed by atoms with van der Waals surface area (Å²) < 4.78 is 27.6. The Hall–Kier alpha value is -1.37. The molecular weight excluding hydrogens is 334 g/mol. The van der Waals surface area contributed by atoms with Gasteiger partial charge in [0, 0.05) is 4.90 Å². The van der Waals surface area contributed by atoms with E-state index in [9.17, 15) is 8.78 Å². The molecule has 0 spiro atoms. The van der Waals surface area contributed by atoms with E-state index in [1.807, 2.05) is 6.07 Å². The molecule has 21 heavy (non-hydrogen) atoms. The van der Waals surface area contributed by atoms with Crippen LogP contribution in [0.2, 0.25) is 5.02 Å². The van der Waals surface area contributed by atoms with Gasteiger partial charge in [0.15, 0.2) is 4.77 Å². The molecule has 3 aromatic rings. The zero-order chi connectivity index (χ0) is 15.0. The van der Waals surface area contributed by atoms with Crippen LogP contribution in [0.1, 0.15) is 0 Å². The summed E-state index contributed by atoms with van der Waals surface area (Å²) in [6.07, 6.45) is 0. The lowest BCUT2D eigenvalue weighted by Crippen LogP contribution is -1.97. The highest BCUT2D eigenvalue weighted by molar-refractivity contribution is 7.99. The first-order valence-corrected chi connectivity index (χ1v) is 7.68. The first kappa shape index (κ1) is 14.6. The summed E-state index contributed by atoms with van der Waals surface area (Å²) in [6.45, 7) is 0. The Morgan fingerprint density at radius 2 is 1.90 bits per heavy atom. The number of nitrogens with zero attached hydrogens (tertiary/aromatic N) is 1. The van der Waals surface area contributed by atoms with Crippen LogP contribution >= 0.6 is 35.6 Å². The maximum absolute atomic E-state index is 12.7. The van der Waals surface area contributed by atoms with E-state index in [1.54, 1.807) is 41.0 Å². The summed E-state index contributed by atoms with van der Waals surface area (Å²) in [5.41, 5.74) is 2.07. The van der Waals surface area contributed by atoms with Crippen LogP contribution in [0.4, 0.5) is 8.78 Å². The van der Waals surface area contributed by atoms with Crippen LogP contribution in [0.5, 0.6) is 0 Å². The van der Waals surface area contributed by atoms with Crippen molar-refractivity contribution in [3.05, 3.63) is 52.3 Å². The molecule has 0 fully saturated rings. The molecule has 0 radical (unpaired) electrons. The third kappa shape index (κ3) is 2.71. The fraction of sp³-hybridized carbons (Fsp3) is 0.0714. The van der Waals surface area contributed by atoms with Crippen molar-refractivity contribution in [1.29, 1.82) is 0 Å². The Labute approximate surface area is 133 Å². The minimum atomic E-state index is -2.49. The number of thioether (sulfide) groups is 1. The number of nitrogens with one attached hydrogen (secondary N) is 1. The van der Waals surface area contributed by atoms with E-state index in [2.05, 4.69) is 4.98 Å². The molecule has 0 atom stereocenters. The van der Waals surface area contributed by atoms with Crippen LogP contribution < -0.4 is 0 Å². The van der Waals surface area contributed by atoms with Crippen molar-refractivity contribution in [2.24, 2.45) is 0 Å². The molecule has 0 bridgehead atoms. The maximum Gasteiger partial charge on any atom is 0.288 e. The summed E-state index contributed by atoms with van der Waals surface area (Å²) in [6, 6.07) is 12.3. The topological polar surface area (TPSA) is 20.7 Å². The molecule has 7 heteroatoms. The lowest BCUT2D eigenvalue weighted by Gasteiger charge is -2.10. The largest absolute Gasteiger partial charge is 0.329 e. The Kier molecular flexibility index (Phi) is 4.01. The molecule has 1 N–H and O–H groups in total. The van der Waals surface area contributed by atoms with Crippen molar-refractivity contribution in [3.63, 3.8) is 0 Å². The minimum absolute atomic E-state index is 0.417. The highest BCUT2D eigenvalue weighted by Gasteiger charge is 2.14. The van der Waals surface area contributed by atoms with Gasteiger partial charge < -0.3 is 4.98 Å². The van der Waals surface area contributed by atoms with Gasteiger partial charge in [-0.1, -0.05) is 41.6 Å². The number of hydrogen-bond acceptors (Lipinski definition) is 2. The Morgan fingerprint density at radius 3 is 2.67 bits per heavy atom. The zero-order valence-corrected chi connectivity index (χ0v) is 12.9. The number of rotatable bonds is 3. The van der Waals surface area contributed by atoms with Crippen LogP contribution in [-0.2, 0) is 0 Å². The van der Waals surface area contributed by atoms with Crippen molar-refractivity contribution in [2.75, 3.05) is 0 Å². The third-order valence-corrected chi connectivity index (χ3v) is 4.37. The number of benzene rings is 2. The van der Waals surface area contributed by atoms with E-state index < -0.39 is 5.76 Å². The summed E-state index contributed by atoms with van der Waals surface area (Å²) in [4.78, 5) is 3.49. The summed E-state index contributed by atoms with van der Waals surface area (Å²) in [5.74, 6) is -2.49. The number of H-pyrrole nitrogens is 1. The van der Waals surface area contributed by atoms with Crippen molar-refractivity contribution in [2.45, 2.75) is 10.7 Å². The number of aromatic nitrogens is 2. The zero-order valence-electron chi connectivity index (χ0n) is 10.5. The number of hydrogen-bond donors (Lipinski definition) is 1. The van der Waals surface area contributed by atoms with E-state index in [4.69, 9.17) is 23.8 Å². The summed E-state index contributed by atoms with van der Waals surface area (Å²) in [7, 11) is 0. The standard InChI is InChI=1S/C14H9ClF2N2S2/c15-8-4-3-6-10-12(8)18-14(20)19(10)9-5-1-2-7-11(9)21-13(16)17/h1-7,13H,(H,18,20). The minimum Gasteiger partial charge on any atom is -0.329 e. The van der Waals surface area contributed by atoms with Gasteiger partial charge in [-0.2, -0.15) is 8.78 Å². The lowest BCUT2D eigenvalue weighted by atomic mass is 10.3. The van der Waals surface area contributed by atoms with Crippen LogP contribution in [0, 0.1) is 4.77 Å². The quantitative estimate of drug-likeness (QED) is 0.490. The van der Waals surface area contributed by atoms with Gasteiger partial charge in [0.25, 0.3) is 5.76 Å². The average molecular weight is 343 g/mol. The van der Waals surface area contributed by atoms with E-state index in [1.165, 1.54) is 0 Å². The first-order valence-electron chi connectivity index (χ1n) is 6.01. The molecular formula is C14H9ClF2N2S2. The van der Waals surface area contributed by atoms with Gasteiger partial charge in [-0.3, -0.25) is 4.57 Å².